The van der Waals surface area contributed by atoms with E-state index in [1.54, 1.807) is 0 Å². The Kier molecular flexibility index (Phi) is 1.24. The van der Waals surface area contributed by atoms with Gasteiger partial charge >= 0.3 is 0 Å². The van der Waals surface area contributed by atoms with E-state index in [1.807, 2.05) is 0 Å². The van der Waals surface area contributed by atoms with Crippen molar-refractivity contribution in [3.05, 3.63) is 41.5 Å². The Balaban J connectivity index is 2.52. The lowest BCUT2D eigenvalue weighted by Crippen LogP contribution is -1.80. The molecule has 1 aliphatic rings. The summed E-state index contributed by atoms with van der Waals surface area (Å²) in [6, 6.07) is 6.27. The average Bonchev–Trinajstić information content (AvgIpc) is 2.33. The van der Waals surface area contributed by atoms with Crippen LogP contribution < -0.4 is 0 Å². The SMILES string of the molecule is Cc1ccc2c(c1)[C]OC2. The second kappa shape index (κ2) is 2.10. The van der Waals surface area contributed by atoms with E-state index in [0.717, 1.165) is 5.56 Å². The van der Waals surface area contributed by atoms with Crippen LogP contribution in [0.1, 0.15) is 16.7 Å². The van der Waals surface area contributed by atoms with Crippen LogP contribution in [-0.4, -0.2) is 0 Å². The third-order valence-electron chi connectivity index (χ3n) is 1.68. The third kappa shape index (κ3) is 0.830. The van der Waals surface area contributed by atoms with E-state index < -0.39 is 0 Å². The van der Waals surface area contributed by atoms with Crippen molar-refractivity contribution in [2.45, 2.75) is 13.5 Å². The Labute approximate surface area is 60.6 Å². The number of hydrogen-bond acceptors (Lipinski definition) is 1. The summed E-state index contributed by atoms with van der Waals surface area (Å²) in [6.45, 7) is 5.60. The van der Waals surface area contributed by atoms with Crippen LogP contribution in [-0.2, 0) is 11.3 Å². The quantitative estimate of drug-likeness (QED) is 0.524. The largest absolute Gasteiger partial charge is 0.358 e. The van der Waals surface area contributed by atoms with Gasteiger partial charge in [-0.25, -0.2) is 0 Å². The number of aryl methyl sites for hydroxylation is 1. The summed E-state index contributed by atoms with van der Waals surface area (Å²) in [7, 11) is 0. The molecule has 1 aromatic rings. The standard InChI is InChI=1S/C9H8O/c1-7-2-3-8-5-10-6-9(8)4-7/h2-4H,5H2,1H3. The topological polar surface area (TPSA) is 9.23 Å². The van der Waals surface area contributed by atoms with Crippen molar-refractivity contribution in [1.29, 1.82) is 0 Å². The minimum Gasteiger partial charge on any atom is -0.358 e. The molecule has 0 amide bonds. The van der Waals surface area contributed by atoms with E-state index in [9.17, 15) is 0 Å². The Morgan fingerprint density at radius 1 is 1.50 bits per heavy atom. The molecule has 0 N–H and O–H groups in total. The second-order valence-electron chi connectivity index (χ2n) is 2.55. The van der Waals surface area contributed by atoms with Gasteiger partial charge in [0.1, 0.15) is 0 Å². The first kappa shape index (κ1) is 5.93. The van der Waals surface area contributed by atoms with E-state index >= 15 is 0 Å². The number of hydrogen-bond donors (Lipinski definition) is 0. The maximum Gasteiger partial charge on any atom is 0.167 e. The van der Waals surface area contributed by atoms with Gasteiger partial charge in [0.25, 0.3) is 0 Å². The highest BCUT2D eigenvalue weighted by molar-refractivity contribution is 5.36. The zero-order valence-corrected chi connectivity index (χ0v) is 5.85. The number of benzene rings is 1. The van der Waals surface area contributed by atoms with Crippen molar-refractivity contribution >= 4 is 0 Å². The zero-order chi connectivity index (χ0) is 6.97. The zero-order valence-electron chi connectivity index (χ0n) is 5.85. The monoisotopic (exact) mass is 132 g/mol. The molecule has 0 fully saturated rings. The van der Waals surface area contributed by atoms with Crippen molar-refractivity contribution in [3.8, 4) is 0 Å². The van der Waals surface area contributed by atoms with Crippen LogP contribution in [0.5, 0.6) is 0 Å². The Hall–Kier alpha value is -0.820. The molecule has 1 heterocycles. The molecule has 1 aromatic carbocycles. The predicted octanol–water partition coefficient (Wildman–Crippen LogP) is 1.91. The fraction of sp³-hybridized carbons (Fsp3) is 0.222. The first-order valence-corrected chi connectivity index (χ1v) is 3.33. The van der Waals surface area contributed by atoms with E-state index in [0.29, 0.717) is 6.61 Å². The van der Waals surface area contributed by atoms with Crippen molar-refractivity contribution in [1.82, 2.24) is 0 Å². The highest BCUT2D eigenvalue weighted by atomic mass is 16.5. The maximum absolute atomic E-state index is 5.02. The Morgan fingerprint density at radius 3 is 3.30 bits per heavy atom. The molecule has 0 saturated carbocycles. The smallest absolute Gasteiger partial charge is 0.167 e. The van der Waals surface area contributed by atoms with Crippen LogP contribution in [0, 0.1) is 13.5 Å². The highest BCUT2D eigenvalue weighted by Crippen LogP contribution is 2.21. The first-order chi connectivity index (χ1) is 4.86. The summed E-state index contributed by atoms with van der Waals surface area (Å²) in [4.78, 5) is 0. The minimum absolute atomic E-state index is 0.690. The van der Waals surface area contributed by atoms with Gasteiger partial charge in [-0.05, 0) is 18.1 Å². The minimum atomic E-state index is 0.690. The normalized spacial score (nSPS) is 15.3. The highest BCUT2D eigenvalue weighted by Gasteiger charge is 2.10. The van der Waals surface area contributed by atoms with Gasteiger partial charge in [-0.2, -0.15) is 0 Å². The van der Waals surface area contributed by atoms with E-state index in [4.69, 9.17) is 4.74 Å². The molecule has 2 rings (SSSR count). The van der Waals surface area contributed by atoms with Gasteiger partial charge in [0.05, 0.1) is 6.61 Å². The molecule has 2 radical (unpaired) electrons. The summed E-state index contributed by atoms with van der Waals surface area (Å²) >= 11 is 0. The molecule has 50 valence electrons. The van der Waals surface area contributed by atoms with E-state index in [-0.39, 0.29) is 0 Å². The lowest BCUT2D eigenvalue weighted by Gasteiger charge is -1.95. The number of ether oxygens (including phenoxy) is 1. The van der Waals surface area contributed by atoms with Crippen molar-refractivity contribution < 1.29 is 4.74 Å². The van der Waals surface area contributed by atoms with Crippen LogP contribution in [0.3, 0.4) is 0 Å². The molecule has 0 atom stereocenters. The van der Waals surface area contributed by atoms with E-state index in [1.165, 1.54) is 11.1 Å². The van der Waals surface area contributed by atoms with Crippen LogP contribution in [0.4, 0.5) is 0 Å². The van der Waals surface area contributed by atoms with Gasteiger partial charge in [-0.3, -0.25) is 0 Å². The number of rotatable bonds is 0. The van der Waals surface area contributed by atoms with Gasteiger partial charge in [-0.1, -0.05) is 23.8 Å². The summed E-state index contributed by atoms with van der Waals surface area (Å²) in [6.07, 6.45) is 0. The molecule has 1 aliphatic heterocycles. The van der Waals surface area contributed by atoms with Crippen LogP contribution in [0.25, 0.3) is 0 Å². The third-order valence-corrected chi connectivity index (χ3v) is 1.68. The Bertz CT molecular complexity index is 253. The molecule has 0 aliphatic carbocycles. The lowest BCUT2D eigenvalue weighted by atomic mass is 10.1. The molecule has 0 saturated heterocycles. The van der Waals surface area contributed by atoms with Gasteiger partial charge in [0.15, 0.2) is 6.61 Å². The van der Waals surface area contributed by atoms with Crippen LogP contribution in [0.15, 0.2) is 18.2 Å². The second-order valence-corrected chi connectivity index (χ2v) is 2.55. The summed E-state index contributed by atoms with van der Waals surface area (Å²) < 4.78 is 5.02. The predicted molar refractivity (Wildman–Crippen MR) is 38.3 cm³/mol. The lowest BCUT2D eigenvalue weighted by molar-refractivity contribution is 0.223. The maximum atomic E-state index is 5.02. The molecule has 1 heteroatoms. The van der Waals surface area contributed by atoms with Crippen LogP contribution in [0.2, 0.25) is 0 Å². The van der Waals surface area contributed by atoms with Crippen molar-refractivity contribution in [2.75, 3.05) is 0 Å². The van der Waals surface area contributed by atoms with Gasteiger partial charge < -0.3 is 4.74 Å². The average molecular weight is 132 g/mol. The van der Waals surface area contributed by atoms with Crippen molar-refractivity contribution in [3.63, 3.8) is 0 Å². The molecule has 10 heavy (non-hydrogen) atoms. The van der Waals surface area contributed by atoms with Gasteiger partial charge in [0.2, 0.25) is 0 Å². The molecular weight excluding hydrogens is 124 g/mol. The van der Waals surface area contributed by atoms with Gasteiger partial charge in [-0.15, -0.1) is 0 Å². The fourth-order valence-corrected chi connectivity index (χ4v) is 1.10. The molecule has 0 spiro atoms. The molecule has 0 unspecified atom stereocenters. The summed E-state index contributed by atoms with van der Waals surface area (Å²) in [5.41, 5.74) is 3.61. The van der Waals surface area contributed by atoms with Crippen molar-refractivity contribution in [2.24, 2.45) is 0 Å². The molecular formula is C9H8O. The fourth-order valence-electron chi connectivity index (χ4n) is 1.10. The summed E-state index contributed by atoms with van der Waals surface area (Å²) in [5.74, 6) is 0. The Morgan fingerprint density at radius 2 is 2.40 bits per heavy atom. The first-order valence-electron chi connectivity index (χ1n) is 3.33. The number of fused-ring (bicyclic) bond motifs is 1. The summed E-state index contributed by atoms with van der Waals surface area (Å²) in [5, 5.41) is 0. The van der Waals surface area contributed by atoms with Gasteiger partial charge in [0, 0.05) is 0 Å². The molecule has 1 nitrogen and oxygen atoms in total. The molecule has 0 bridgehead atoms. The van der Waals surface area contributed by atoms with Crippen LogP contribution >= 0.6 is 0 Å². The van der Waals surface area contributed by atoms with E-state index in [2.05, 4.69) is 31.7 Å². The molecule has 0 aromatic heterocycles.